The van der Waals surface area contributed by atoms with Gasteiger partial charge in [-0.3, -0.25) is 9.12 Å². The second-order valence-electron chi connectivity index (χ2n) is 4.43. The fraction of sp³-hybridized carbons (Fsp3) is 0.0769. The number of aryl methyl sites for hydroxylation is 1. The van der Waals surface area contributed by atoms with E-state index < -0.39 is 15.8 Å². The molecule has 1 N–H and O–H groups in total. The van der Waals surface area contributed by atoms with E-state index in [1.165, 1.54) is 30.3 Å². The normalized spacial score (nSPS) is 11.7. The first-order valence-corrected chi connectivity index (χ1v) is 7.54. The van der Waals surface area contributed by atoms with E-state index in [-0.39, 0.29) is 16.2 Å². The van der Waals surface area contributed by atoms with Gasteiger partial charge in [0.2, 0.25) is 0 Å². The number of fused-ring (bicyclic) bond motifs is 1. The number of benzene rings is 1. The van der Waals surface area contributed by atoms with Gasteiger partial charge in [-0.15, -0.1) is 10.2 Å². The van der Waals surface area contributed by atoms with Crippen molar-refractivity contribution in [3.8, 4) is 0 Å². The van der Waals surface area contributed by atoms with E-state index in [1.54, 1.807) is 23.6 Å². The van der Waals surface area contributed by atoms with E-state index in [9.17, 15) is 12.8 Å². The third-order valence-corrected chi connectivity index (χ3v) is 4.36. The lowest BCUT2D eigenvalue weighted by Crippen LogP contribution is -2.14. The fourth-order valence-corrected chi connectivity index (χ4v) is 3.14. The number of hydrogen-bond donors (Lipinski definition) is 1. The summed E-state index contributed by atoms with van der Waals surface area (Å²) >= 11 is 0. The summed E-state index contributed by atoms with van der Waals surface area (Å²) in [5.41, 5.74) is 0.513. The van der Waals surface area contributed by atoms with Crippen molar-refractivity contribution < 1.29 is 12.8 Å². The molecule has 6 nitrogen and oxygen atoms in total. The quantitative estimate of drug-likeness (QED) is 0.802. The van der Waals surface area contributed by atoms with E-state index in [1.807, 2.05) is 0 Å². The zero-order chi connectivity index (χ0) is 15.0. The largest absolute Gasteiger partial charge is 0.286 e. The molecule has 0 aliphatic heterocycles. The second-order valence-corrected chi connectivity index (χ2v) is 6.08. The summed E-state index contributed by atoms with van der Waals surface area (Å²) in [5.74, 6) is 0.150. The molecule has 0 unspecified atom stereocenters. The first-order chi connectivity index (χ1) is 9.97. The van der Waals surface area contributed by atoms with Gasteiger partial charge in [-0.2, -0.15) is 0 Å². The summed E-state index contributed by atoms with van der Waals surface area (Å²) in [4.78, 5) is 0.00919. The van der Waals surface area contributed by atoms with Crippen LogP contribution in [0.1, 0.15) is 5.82 Å². The molecule has 0 aliphatic rings. The maximum absolute atomic E-state index is 12.9. The average Bonchev–Trinajstić information content (AvgIpc) is 2.83. The molecular formula is C13H11FN4O2S. The summed E-state index contributed by atoms with van der Waals surface area (Å²) in [5, 5.41) is 7.73. The summed E-state index contributed by atoms with van der Waals surface area (Å²) in [6.45, 7) is 1.73. The van der Waals surface area contributed by atoms with Crippen molar-refractivity contribution in [3.05, 3.63) is 54.2 Å². The minimum atomic E-state index is -3.84. The van der Waals surface area contributed by atoms with Gasteiger partial charge in [0.15, 0.2) is 5.65 Å². The molecule has 0 atom stereocenters. The predicted octanol–water partition coefficient (Wildman–Crippen LogP) is 1.98. The van der Waals surface area contributed by atoms with E-state index in [2.05, 4.69) is 14.9 Å². The molecule has 0 bridgehead atoms. The topological polar surface area (TPSA) is 76.4 Å². The highest BCUT2D eigenvalue weighted by Crippen LogP contribution is 2.20. The molecule has 8 heteroatoms. The molecule has 0 saturated carbocycles. The number of pyridine rings is 1. The van der Waals surface area contributed by atoms with Gasteiger partial charge in [0, 0.05) is 11.9 Å². The van der Waals surface area contributed by atoms with Crippen LogP contribution in [0.4, 0.5) is 10.1 Å². The van der Waals surface area contributed by atoms with Crippen LogP contribution < -0.4 is 4.72 Å². The highest BCUT2D eigenvalue weighted by Gasteiger charge is 2.20. The maximum Gasteiger partial charge on any atom is 0.265 e. The standard InChI is InChI=1S/C13H11FN4O2S/c1-9-15-16-13-12(3-2-8-18(9)13)21(19,20)17-11-6-4-10(14)5-7-11/h2-8,17H,1H3. The number of anilines is 1. The van der Waals surface area contributed by atoms with E-state index in [0.717, 1.165) is 0 Å². The van der Waals surface area contributed by atoms with Crippen LogP contribution in [0.3, 0.4) is 0 Å². The highest BCUT2D eigenvalue weighted by molar-refractivity contribution is 7.93. The molecule has 3 aromatic rings. The van der Waals surface area contributed by atoms with Gasteiger partial charge >= 0.3 is 0 Å². The van der Waals surface area contributed by atoms with Crippen LogP contribution in [-0.4, -0.2) is 23.0 Å². The molecular weight excluding hydrogens is 295 g/mol. The van der Waals surface area contributed by atoms with Crippen LogP contribution in [0.25, 0.3) is 5.65 Å². The second kappa shape index (κ2) is 4.81. The Balaban J connectivity index is 2.06. The number of rotatable bonds is 3. The molecule has 108 valence electrons. The van der Waals surface area contributed by atoms with E-state index >= 15 is 0 Å². The molecule has 1 aromatic carbocycles. The Kier molecular flexibility index (Phi) is 3.09. The third kappa shape index (κ3) is 2.45. The lowest BCUT2D eigenvalue weighted by atomic mass is 10.3. The van der Waals surface area contributed by atoms with Gasteiger partial charge in [-0.25, -0.2) is 12.8 Å². The molecule has 2 heterocycles. The molecule has 3 rings (SSSR count). The Morgan fingerprint density at radius 1 is 1.14 bits per heavy atom. The van der Waals surface area contributed by atoms with Crippen molar-refractivity contribution in [2.24, 2.45) is 0 Å². The number of aromatic nitrogens is 3. The first kappa shape index (κ1) is 13.5. The Hall–Kier alpha value is -2.48. The van der Waals surface area contributed by atoms with E-state index in [0.29, 0.717) is 5.82 Å². The summed E-state index contributed by atoms with van der Waals surface area (Å²) in [7, 11) is -3.84. The first-order valence-electron chi connectivity index (χ1n) is 6.06. The van der Waals surface area contributed by atoms with Crippen LogP contribution in [0.2, 0.25) is 0 Å². The van der Waals surface area contributed by atoms with Gasteiger partial charge in [0.25, 0.3) is 10.0 Å². The van der Waals surface area contributed by atoms with Crippen LogP contribution in [0.5, 0.6) is 0 Å². The number of halogens is 1. The molecule has 21 heavy (non-hydrogen) atoms. The maximum atomic E-state index is 12.9. The molecule has 0 aliphatic carbocycles. The molecule has 0 spiro atoms. The van der Waals surface area contributed by atoms with Crippen LogP contribution >= 0.6 is 0 Å². The summed E-state index contributed by atoms with van der Waals surface area (Å²) in [6, 6.07) is 8.10. The van der Waals surface area contributed by atoms with Gasteiger partial charge in [0.05, 0.1) is 0 Å². The zero-order valence-corrected chi connectivity index (χ0v) is 11.8. The van der Waals surface area contributed by atoms with Crippen LogP contribution in [-0.2, 0) is 10.0 Å². The summed E-state index contributed by atoms with van der Waals surface area (Å²) < 4.78 is 41.7. The van der Waals surface area contributed by atoms with Crippen molar-refractivity contribution in [1.82, 2.24) is 14.6 Å². The van der Waals surface area contributed by atoms with Gasteiger partial charge < -0.3 is 0 Å². The van der Waals surface area contributed by atoms with Crippen LogP contribution in [0, 0.1) is 12.7 Å². The molecule has 0 amide bonds. The Morgan fingerprint density at radius 3 is 2.57 bits per heavy atom. The molecule has 0 saturated heterocycles. The Bertz CT molecular complexity index is 904. The smallest absolute Gasteiger partial charge is 0.265 e. The highest BCUT2D eigenvalue weighted by atomic mass is 32.2. The van der Waals surface area contributed by atoms with Gasteiger partial charge in [-0.05, 0) is 43.3 Å². The number of nitrogens with zero attached hydrogens (tertiary/aromatic N) is 3. The van der Waals surface area contributed by atoms with Crippen LogP contribution in [0.15, 0.2) is 47.5 Å². The third-order valence-electron chi connectivity index (χ3n) is 2.96. The van der Waals surface area contributed by atoms with Crippen molar-refractivity contribution in [1.29, 1.82) is 0 Å². The number of nitrogens with one attached hydrogen (secondary N) is 1. The van der Waals surface area contributed by atoms with Crippen molar-refractivity contribution in [2.45, 2.75) is 11.8 Å². The Morgan fingerprint density at radius 2 is 1.86 bits per heavy atom. The number of hydrogen-bond acceptors (Lipinski definition) is 4. The van der Waals surface area contributed by atoms with Gasteiger partial charge in [-0.1, -0.05) is 0 Å². The lowest BCUT2D eigenvalue weighted by Gasteiger charge is -2.08. The van der Waals surface area contributed by atoms with Crippen molar-refractivity contribution >= 4 is 21.4 Å². The Labute approximate surface area is 120 Å². The SMILES string of the molecule is Cc1nnc2c(S(=O)(=O)Nc3ccc(F)cc3)cccn12. The minimum Gasteiger partial charge on any atom is -0.286 e. The minimum absolute atomic E-state index is 0.00919. The number of sulfonamides is 1. The lowest BCUT2D eigenvalue weighted by molar-refractivity contribution is 0.601. The monoisotopic (exact) mass is 306 g/mol. The average molecular weight is 306 g/mol. The summed E-state index contributed by atoms with van der Waals surface area (Å²) in [6.07, 6.45) is 1.68. The molecule has 0 fully saturated rings. The fourth-order valence-electron chi connectivity index (χ4n) is 1.94. The predicted molar refractivity (Wildman–Crippen MR) is 74.9 cm³/mol. The van der Waals surface area contributed by atoms with Gasteiger partial charge in [0.1, 0.15) is 16.5 Å². The van der Waals surface area contributed by atoms with Crippen molar-refractivity contribution in [3.63, 3.8) is 0 Å². The molecule has 2 aromatic heterocycles. The molecule has 0 radical (unpaired) electrons. The van der Waals surface area contributed by atoms with Crippen molar-refractivity contribution in [2.75, 3.05) is 4.72 Å². The zero-order valence-electron chi connectivity index (χ0n) is 11.0. The van der Waals surface area contributed by atoms with E-state index in [4.69, 9.17) is 0 Å².